The normalized spacial score (nSPS) is 11.0. The minimum Gasteiger partial charge on any atom is -0.349 e. The van der Waals surface area contributed by atoms with E-state index in [4.69, 9.17) is 17.3 Å². The van der Waals surface area contributed by atoms with Crippen LogP contribution >= 0.6 is 27.5 Å². The number of rotatable bonds is 1. The van der Waals surface area contributed by atoms with Crippen molar-refractivity contribution in [3.05, 3.63) is 33.4 Å². The Hall–Kier alpha value is -0.510. The van der Waals surface area contributed by atoms with Gasteiger partial charge in [0.1, 0.15) is 0 Å². The first-order valence-electron chi connectivity index (χ1n) is 3.88. The van der Waals surface area contributed by atoms with Crippen molar-refractivity contribution in [1.82, 2.24) is 4.98 Å². The van der Waals surface area contributed by atoms with Crippen LogP contribution in [0.5, 0.6) is 0 Å². The first-order chi connectivity index (χ1) is 6.24. The monoisotopic (exact) mass is 258 g/mol. The van der Waals surface area contributed by atoms with Crippen LogP contribution in [0.4, 0.5) is 0 Å². The van der Waals surface area contributed by atoms with Crippen LogP contribution < -0.4 is 5.73 Å². The van der Waals surface area contributed by atoms with Crippen molar-refractivity contribution in [2.24, 2.45) is 5.73 Å². The van der Waals surface area contributed by atoms with Crippen molar-refractivity contribution in [2.45, 2.75) is 6.54 Å². The highest BCUT2D eigenvalue weighted by atomic mass is 79.9. The molecule has 3 N–H and O–H groups in total. The Kier molecular flexibility index (Phi) is 2.32. The Morgan fingerprint density at radius 1 is 1.46 bits per heavy atom. The van der Waals surface area contributed by atoms with Crippen molar-refractivity contribution in [3.63, 3.8) is 0 Å². The highest BCUT2D eigenvalue weighted by Crippen LogP contribution is 2.31. The number of aromatic nitrogens is 1. The van der Waals surface area contributed by atoms with Crippen LogP contribution in [0.25, 0.3) is 10.9 Å². The summed E-state index contributed by atoms with van der Waals surface area (Å²) in [5, 5.41) is 1.75. The minimum atomic E-state index is 0.477. The van der Waals surface area contributed by atoms with E-state index in [1.54, 1.807) is 0 Å². The number of H-pyrrole nitrogens is 1. The van der Waals surface area contributed by atoms with Crippen LogP contribution in [0.2, 0.25) is 5.02 Å². The summed E-state index contributed by atoms with van der Waals surface area (Å²) in [4.78, 5) is 3.17. The van der Waals surface area contributed by atoms with E-state index in [1.165, 1.54) is 0 Å². The van der Waals surface area contributed by atoms with Gasteiger partial charge in [-0.25, -0.2) is 0 Å². The minimum absolute atomic E-state index is 0.477. The zero-order valence-corrected chi connectivity index (χ0v) is 9.11. The Labute approximate surface area is 89.2 Å². The molecule has 1 aromatic heterocycles. The van der Waals surface area contributed by atoms with Crippen LogP contribution in [0.1, 0.15) is 5.56 Å². The number of fused-ring (bicyclic) bond motifs is 1. The van der Waals surface area contributed by atoms with Gasteiger partial charge in [0, 0.05) is 23.0 Å². The van der Waals surface area contributed by atoms with Gasteiger partial charge in [-0.3, -0.25) is 0 Å². The van der Waals surface area contributed by atoms with E-state index in [-0.39, 0.29) is 0 Å². The fraction of sp³-hybridized carbons (Fsp3) is 0.111. The summed E-state index contributed by atoms with van der Waals surface area (Å²) in [5.74, 6) is 0. The van der Waals surface area contributed by atoms with Crippen molar-refractivity contribution < 1.29 is 0 Å². The van der Waals surface area contributed by atoms with Gasteiger partial charge in [-0.1, -0.05) is 17.7 Å². The second-order valence-corrected chi connectivity index (χ2v) is 3.98. The second-order valence-electron chi connectivity index (χ2n) is 2.78. The molecule has 1 aromatic carbocycles. The third-order valence-corrected chi connectivity index (χ3v) is 3.02. The van der Waals surface area contributed by atoms with E-state index in [2.05, 4.69) is 20.9 Å². The maximum absolute atomic E-state index is 6.06. The van der Waals surface area contributed by atoms with Crippen LogP contribution in [-0.2, 0) is 6.54 Å². The Morgan fingerprint density at radius 3 is 2.92 bits per heavy atom. The lowest BCUT2D eigenvalue weighted by molar-refractivity contribution is 1.07. The highest BCUT2D eigenvalue weighted by molar-refractivity contribution is 9.10. The second kappa shape index (κ2) is 3.33. The van der Waals surface area contributed by atoms with Gasteiger partial charge in [0.2, 0.25) is 0 Å². The molecule has 13 heavy (non-hydrogen) atoms. The van der Waals surface area contributed by atoms with E-state index in [1.807, 2.05) is 18.2 Å². The first kappa shape index (κ1) is 9.06. The summed E-state index contributed by atoms with van der Waals surface area (Å²) in [6.45, 7) is 0.477. The SMILES string of the molecule is NCc1c(Br)[nH]c2cccc(Cl)c12. The summed E-state index contributed by atoms with van der Waals surface area (Å²) >= 11 is 9.47. The standard InChI is InChI=1S/C9H8BrClN2/c10-9-5(4-12)8-6(11)2-1-3-7(8)13-9/h1-3,13H,4,12H2. The number of hydrogen-bond donors (Lipinski definition) is 2. The molecule has 0 spiro atoms. The maximum atomic E-state index is 6.06. The summed E-state index contributed by atoms with van der Waals surface area (Å²) < 4.78 is 0.915. The van der Waals surface area contributed by atoms with Gasteiger partial charge in [-0.2, -0.15) is 0 Å². The zero-order chi connectivity index (χ0) is 9.42. The maximum Gasteiger partial charge on any atom is 0.0877 e. The summed E-state index contributed by atoms with van der Waals surface area (Å²) in [7, 11) is 0. The van der Waals surface area contributed by atoms with Crippen LogP contribution in [-0.4, -0.2) is 4.98 Å². The molecule has 0 atom stereocenters. The average molecular weight is 260 g/mol. The molecule has 4 heteroatoms. The van der Waals surface area contributed by atoms with Gasteiger partial charge in [0.15, 0.2) is 0 Å². The number of nitrogens with two attached hydrogens (primary N) is 1. The molecule has 0 amide bonds. The van der Waals surface area contributed by atoms with Crippen molar-refractivity contribution in [1.29, 1.82) is 0 Å². The molecule has 0 bridgehead atoms. The molecular formula is C9H8BrClN2. The molecule has 1 heterocycles. The molecule has 2 nitrogen and oxygen atoms in total. The van der Waals surface area contributed by atoms with Crippen LogP contribution in [0.15, 0.2) is 22.8 Å². The Balaban J connectivity index is 2.88. The molecule has 0 unspecified atom stereocenters. The quantitative estimate of drug-likeness (QED) is 0.812. The van der Waals surface area contributed by atoms with Crippen molar-refractivity contribution in [3.8, 4) is 0 Å². The molecule has 68 valence electrons. The Morgan fingerprint density at radius 2 is 2.23 bits per heavy atom. The summed E-state index contributed by atoms with van der Waals surface area (Å²) in [6, 6.07) is 5.75. The van der Waals surface area contributed by atoms with Crippen LogP contribution in [0, 0.1) is 0 Å². The highest BCUT2D eigenvalue weighted by Gasteiger charge is 2.09. The molecule has 2 aromatic rings. The molecular weight excluding hydrogens is 251 g/mol. The van der Waals surface area contributed by atoms with Gasteiger partial charge >= 0.3 is 0 Å². The third-order valence-electron chi connectivity index (χ3n) is 2.03. The largest absolute Gasteiger partial charge is 0.349 e. The van der Waals surface area contributed by atoms with E-state index in [0.717, 1.165) is 26.1 Å². The molecule has 0 radical (unpaired) electrons. The fourth-order valence-corrected chi connectivity index (χ4v) is 2.29. The van der Waals surface area contributed by atoms with Gasteiger partial charge in [-0.15, -0.1) is 0 Å². The van der Waals surface area contributed by atoms with Gasteiger partial charge < -0.3 is 10.7 Å². The van der Waals surface area contributed by atoms with Gasteiger partial charge in [0.25, 0.3) is 0 Å². The van der Waals surface area contributed by atoms with Crippen molar-refractivity contribution >= 4 is 38.4 Å². The van der Waals surface area contributed by atoms with E-state index < -0.39 is 0 Å². The topological polar surface area (TPSA) is 41.8 Å². The number of hydrogen-bond acceptors (Lipinski definition) is 1. The molecule has 0 saturated carbocycles. The number of benzene rings is 1. The predicted molar refractivity (Wildman–Crippen MR) is 58.9 cm³/mol. The predicted octanol–water partition coefficient (Wildman–Crippen LogP) is 3.04. The fourth-order valence-electron chi connectivity index (χ4n) is 1.43. The van der Waals surface area contributed by atoms with Crippen molar-refractivity contribution in [2.75, 3.05) is 0 Å². The smallest absolute Gasteiger partial charge is 0.0877 e. The summed E-state index contributed by atoms with van der Waals surface area (Å²) in [6.07, 6.45) is 0. The Bertz CT molecular complexity index is 450. The number of nitrogens with one attached hydrogen (secondary N) is 1. The molecule has 0 fully saturated rings. The van der Waals surface area contributed by atoms with E-state index in [9.17, 15) is 0 Å². The van der Waals surface area contributed by atoms with Crippen LogP contribution in [0.3, 0.4) is 0 Å². The lowest BCUT2D eigenvalue weighted by atomic mass is 10.2. The van der Waals surface area contributed by atoms with E-state index in [0.29, 0.717) is 6.54 Å². The summed E-state index contributed by atoms with van der Waals surface area (Å²) in [5.41, 5.74) is 7.66. The van der Waals surface area contributed by atoms with Gasteiger partial charge in [0.05, 0.1) is 9.63 Å². The number of halogens is 2. The third kappa shape index (κ3) is 1.37. The molecule has 0 aliphatic carbocycles. The lowest BCUT2D eigenvalue weighted by Crippen LogP contribution is -1.95. The lowest BCUT2D eigenvalue weighted by Gasteiger charge is -1.96. The molecule has 0 saturated heterocycles. The number of aromatic amines is 1. The first-order valence-corrected chi connectivity index (χ1v) is 5.05. The molecule has 0 aliphatic rings. The molecule has 2 rings (SSSR count). The van der Waals surface area contributed by atoms with E-state index >= 15 is 0 Å². The van der Waals surface area contributed by atoms with Gasteiger partial charge in [-0.05, 0) is 28.1 Å². The molecule has 0 aliphatic heterocycles. The zero-order valence-electron chi connectivity index (χ0n) is 6.77. The average Bonchev–Trinajstić information content (AvgIpc) is 2.42.